The van der Waals surface area contributed by atoms with E-state index in [4.69, 9.17) is 11.6 Å². The number of benzene rings is 2. The maximum absolute atomic E-state index is 9.55. The van der Waals surface area contributed by atoms with E-state index in [-0.39, 0.29) is 0 Å². The van der Waals surface area contributed by atoms with Gasteiger partial charge in [-0.05, 0) is 31.2 Å². The molecule has 0 saturated heterocycles. The van der Waals surface area contributed by atoms with Crippen molar-refractivity contribution in [2.75, 3.05) is 5.32 Å². The second-order valence-electron chi connectivity index (χ2n) is 6.01. The first-order valence-electron chi connectivity index (χ1n) is 8.28. The van der Waals surface area contributed by atoms with Crippen LogP contribution in [0, 0.1) is 18.3 Å². The largest absolute Gasteiger partial charge is 0.358 e. The summed E-state index contributed by atoms with van der Waals surface area (Å²) in [6, 6.07) is 17.4. The molecule has 0 radical (unpaired) electrons. The van der Waals surface area contributed by atoms with Gasteiger partial charge in [-0.15, -0.1) is 0 Å². The fourth-order valence-corrected chi connectivity index (χ4v) is 3.11. The van der Waals surface area contributed by atoms with Crippen molar-refractivity contribution in [1.82, 2.24) is 15.2 Å². The number of rotatable bonds is 4. The van der Waals surface area contributed by atoms with Crippen molar-refractivity contribution in [3.63, 3.8) is 0 Å². The molecule has 0 fully saturated rings. The van der Waals surface area contributed by atoms with Gasteiger partial charge in [0.25, 0.3) is 0 Å². The summed E-state index contributed by atoms with van der Waals surface area (Å²) in [7, 11) is 0. The number of nitrogens with one attached hydrogen (secondary N) is 3. The van der Waals surface area contributed by atoms with Gasteiger partial charge in [0.1, 0.15) is 11.6 Å². The summed E-state index contributed by atoms with van der Waals surface area (Å²) >= 11 is 6.00. The molecule has 0 spiro atoms. The molecule has 0 aliphatic heterocycles. The molecule has 6 nitrogen and oxygen atoms in total. The summed E-state index contributed by atoms with van der Waals surface area (Å²) in [4.78, 5) is 7.79. The van der Waals surface area contributed by atoms with E-state index in [2.05, 4.69) is 31.6 Å². The van der Waals surface area contributed by atoms with Crippen LogP contribution in [0.2, 0.25) is 5.02 Å². The van der Waals surface area contributed by atoms with Gasteiger partial charge in [0.2, 0.25) is 0 Å². The van der Waals surface area contributed by atoms with Crippen LogP contribution >= 0.6 is 11.6 Å². The van der Waals surface area contributed by atoms with E-state index in [1.807, 2.05) is 43.3 Å². The maximum atomic E-state index is 9.55. The molecule has 0 atom stereocenters. The number of nitrogens with zero attached hydrogens (tertiary/aromatic N) is 3. The standard InChI is InChI=1S/C20H15ClN6/c1-12-17(15-7-2-3-8-18(15)24-12)11-23-19-16(10-22)20(27-26-19)25-14-6-4-5-13(21)9-14/h2-9,11,24H,1H3,(H2,25,26,27)/b23-11+. The molecule has 27 heavy (non-hydrogen) atoms. The highest BCUT2D eigenvalue weighted by atomic mass is 35.5. The predicted octanol–water partition coefficient (Wildman–Crippen LogP) is 5.22. The van der Waals surface area contributed by atoms with Crippen LogP contribution in [0.25, 0.3) is 10.9 Å². The third-order valence-corrected chi connectivity index (χ3v) is 4.45. The minimum Gasteiger partial charge on any atom is -0.358 e. The van der Waals surface area contributed by atoms with Gasteiger partial charge < -0.3 is 10.3 Å². The van der Waals surface area contributed by atoms with Crippen LogP contribution in [-0.4, -0.2) is 21.4 Å². The maximum Gasteiger partial charge on any atom is 0.172 e. The summed E-state index contributed by atoms with van der Waals surface area (Å²) in [6.07, 6.45) is 1.74. The van der Waals surface area contributed by atoms with Gasteiger partial charge in [-0.2, -0.15) is 10.4 Å². The number of aliphatic imine (C=N–C) groups is 1. The Balaban J connectivity index is 1.67. The molecule has 2 aromatic heterocycles. The second-order valence-corrected chi connectivity index (χ2v) is 6.45. The first-order chi connectivity index (χ1) is 13.2. The van der Waals surface area contributed by atoms with Crippen LogP contribution < -0.4 is 5.32 Å². The van der Waals surface area contributed by atoms with Crippen molar-refractivity contribution < 1.29 is 0 Å². The summed E-state index contributed by atoms with van der Waals surface area (Å²) in [5.74, 6) is 0.800. The number of fused-ring (bicyclic) bond motifs is 1. The molecule has 0 bridgehead atoms. The number of para-hydroxylation sites is 1. The van der Waals surface area contributed by atoms with Gasteiger partial charge in [0, 0.05) is 39.1 Å². The van der Waals surface area contributed by atoms with Gasteiger partial charge in [-0.25, -0.2) is 4.99 Å². The zero-order valence-corrected chi connectivity index (χ0v) is 15.2. The molecular weight excluding hydrogens is 360 g/mol. The Morgan fingerprint density at radius 1 is 1.22 bits per heavy atom. The highest BCUT2D eigenvalue weighted by Crippen LogP contribution is 2.27. The minimum atomic E-state index is 0.337. The number of halogens is 1. The lowest BCUT2D eigenvalue weighted by Crippen LogP contribution is -1.92. The first kappa shape index (κ1) is 16.9. The average molecular weight is 375 g/mol. The number of nitriles is 1. The molecular formula is C20H15ClN6. The van der Waals surface area contributed by atoms with Crippen LogP contribution in [0.5, 0.6) is 0 Å². The molecule has 4 rings (SSSR count). The molecule has 7 heteroatoms. The number of hydrogen-bond acceptors (Lipinski definition) is 4. The lowest BCUT2D eigenvalue weighted by molar-refractivity contribution is 1.09. The van der Waals surface area contributed by atoms with Crippen LogP contribution in [0.4, 0.5) is 17.3 Å². The number of aromatic amines is 2. The SMILES string of the molecule is Cc1[nH]c2ccccc2c1/C=N/c1[nH]nc(Nc2cccc(Cl)c2)c1C#N. The molecule has 0 amide bonds. The Labute approximate surface area is 160 Å². The van der Waals surface area contributed by atoms with Gasteiger partial charge in [-0.3, -0.25) is 5.10 Å². The number of anilines is 2. The number of aromatic nitrogens is 3. The van der Waals surface area contributed by atoms with E-state index in [9.17, 15) is 5.26 Å². The Morgan fingerprint density at radius 3 is 2.89 bits per heavy atom. The number of H-pyrrole nitrogens is 2. The zero-order chi connectivity index (χ0) is 18.8. The zero-order valence-electron chi connectivity index (χ0n) is 14.4. The van der Waals surface area contributed by atoms with Gasteiger partial charge in [0.15, 0.2) is 11.6 Å². The number of hydrogen-bond donors (Lipinski definition) is 3. The van der Waals surface area contributed by atoms with E-state index in [1.165, 1.54) is 0 Å². The smallest absolute Gasteiger partial charge is 0.172 e. The van der Waals surface area contributed by atoms with Gasteiger partial charge >= 0.3 is 0 Å². The van der Waals surface area contributed by atoms with Crippen molar-refractivity contribution in [2.24, 2.45) is 4.99 Å². The summed E-state index contributed by atoms with van der Waals surface area (Å²) in [5, 5.41) is 21.3. The topological polar surface area (TPSA) is 92.7 Å². The van der Waals surface area contributed by atoms with E-state index >= 15 is 0 Å². The predicted molar refractivity (Wildman–Crippen MR) is 108 cm³/mol. The fourth-order valence-electron chi connectivity index (χ4n) is 2.92. The normalized spacial score (nSPS) is 11.1. The first-order valence-corrected chi connectivity index (χ1v) is 8.66. The average Bonchev–Trinajstić information content (AvgIpc) is 3.19. The van der Waals surface area contributed by atoms with Crippen molar-refractivity contribution in [1.29, 1.82) is 5.26 Å². The van der Waals surface area contributed by atoms with Crippen LogP contribution in [-0.2, 0) is 0 Å². The van der Waals surface area contributed by atoms with Crippen LogP contribution in [0.15, 0.2) is 53.5 Å². The third-order valence-electron chi connectivity index (χ3n) is 4.21. The van der Waals surface area contributed by atoms with Crippen molar-refractivity contribution in [2.45, 2.75) is 6.92 Å². The Hall–Kier alpha value is -3.56. The third kappa shape index (κ3) is 3.28. The van der Waals surface area contributed by atoms with Crippen molar-refractivity contribution in [3.8, 4) is 6.07 Å². The molecule has 0 saturated carbocycles. The van der Waals surface area contributed by atoms with Crippen LogP contribution in [0.3, 0.4) is 0 Å². The van der Waals surface area contributed by atoms with Crippen molar-refractivity contribution >= 4 is 46.0 Å². The Kier molecular flexibility index (Phi) is 4.37. The monoisotopic (exact) mass is 374 g/mol. The molecule has 3 N–H and O–H groups in total. The quantitative estimate of drug-likeness (QED) is 0.427. The van der Waals surface area contributed by atoms with Gasteiger partial charge in [-0.1, -0.05) is 35.9 Å². The summed E-state index contributed by atoms with van der Waals surface area (Å²) in [5.41, 5.74) is 4.12. The lowest BCUT2D eigenvalue weighted by atomic mass is 10.1. The minimum absolute atomic E-state index is 0.337. The molecule has 0 unspecified atom stereocenters. The second kappa shape index (κ2) is 6.98. The molecule has 2 aromatic carbocycles. The molecule has 0 aliphatic carbocycles. The van der Waals surface area contributed by atoms with E-state index < -0.39 is 0 Å². The lowest BCUT2D eigenvalue weighted by Gasteiger charge is -2.03. The summed E-state index contributed by atoms with van der Waals surface area (Å²) < 4.78 is 0. The Bertz CT molecular complexity index is 1190. The molecule has 132 valence electrons. The van der Waals surface area contributed by atoms with Gasteiger partial charge in [0.05, 0.1) is 0 Å². The highest BCUT2D eigenvalue weighted by Gasteiger charge is 2.13. The highest BCUT2D eigenvalue weighted by molar-refractivity contribution is 6.30. The van der Waals surface area contributed by atoms with Crippen molar-refractivity contribution in [3.05, 3.63) is 70.4 Å². The fraction of sp³-hybridized carbons (Fsp3) is 0.0500. The molecule has 0 aliphatic rings. The van der Waals surface area contributed by atoms with Crippen LogP contribution in [0.1, 0.15) is 16.8 Å². The summed E-state index contributed by atoms with van der Waals surface area (Å²) in [6.45, 7) is 1.99. The Morgan fingerprint density at radius 2 is 2.07 bits per heavy atom. The van der Waals surface area contributed by atoms with E-state index in [0.717, 1.165) is 27.8 Å². The number of aryl methyl sites for hydroxylation is 1. The van der Waals surface area contributed by atoms with E-state index in [1.54, 1.807) is 18.3 Å². The van der Waals surface area contributed by atoms with E-state index in [0.29, 0.717) is 22.2 Å². The molecule has 2 heterocycles. The molecule has 4 aromatic rings.